The van der Waals surface area contributed by atoms with Crippen LogP contribution >= 0.6 is 0 Å². The maximum Gasteiger partial charge on any atom is 0.320 e. The summed E-state index contributed by atoms with van der Waals surface area (Å²) in [5.41, 5.74) is 1.54. The Morgan fingerprint density at radius 1 is 1.31 bits per heavy atom. The minimum absolute atomic E-state index is 0.167. The second-order valence-corrected chi connectivity index (χ2v) is 6.19. The van der Waals surface area contributed by atoms with Crippen molar-refractivity contribution in [1.82, 2.24) is 10.2 Å². The predicted octanol–water partition coefficient (Wildman–Crippen LogP) is 2.81. The lowest BCUT2D eigenvalue weighted by Crippen LogP contribution is -2.42. The first kappa shape index (κ1) is 19.7. The van der Waals surface area contributed by atoms with E-state index in [0.29, 0.717) is 24.6 Å². The van der Waals surface area contributed by atoms with Crippen LogP contribution in [0.2, 0.25) is 0 Å². The number of carboxylic acids is 1. The Morgan fingerprint density at radius 3 is 2.65 bits per heavy atom. The van der Waals surface area contributed by atoms with Crippen molar-refractivity contribution < 1.29 is 23.5 Å². The maximum absolute atomic E-state index is 13.3. The fourth-order valence-electron chi connectivity index (χ4n) is 2.65. The molecule has 0 fully saturated rings. The third-order valence-electron chi connectivity index (χ3n) is 4.15. The van der Waals surface area contributed by atoms with E-state index in [0.717, 1.165) is 11.1 Å². The highest BCUT2D eigenvalue weighted by atomic mass is 19.1. The van der Waals surface area contributed by atoms with Crippen LogP contribution in [0.15, 0.2) is 34.7 Å². The zero-order chi connectivity index (χ0) is 19.3. The van der Waals surface area contributed by atoms with Gasteiger partial charge in [0.1, 0.15) is 23.4 Å². The average Bonchev–Trinajstić information content (AvgIpc) is 3.01. The van der Waals surface area contributed by atoms with Gasteiger partial charge in [0.2, 0.25) is 5.91 Å². The van der Waals surface area contributed by atoms with E-state index in [1.807, 2.05) is 0 Å². The molecule has 1 heterocycles. The van der Waals surface area contributed by atoms with Crippen molar-refractivity contribution in [3.05, 3.63) is 47.5 Å². The normalized spacial score (nSPS) is 12.2. The molecule has 7 heteroatoms. The highest BCUT2D eigenvalue weighted by Crippen LogP contribution is 2.26. The topological polar surface area (TPSA) is 82.8 Å². The molecule has 0 saturated heterocycles. The first-order valence-electron chi connectivity index (χ1n) is 8.34. The van der Waals surface area contributed by atoms with E-state index in [4.69, 9.17) is 4.42 Å². The molecule has 1 amide bonds. The lowest BCUT2D eigenvalue weighted by molar-refractivity contribution is -0.142. The van der Waals surface area contributed by atoms with E-state index in [2.05, 4.69) is 5.32 Å². The molecule has 0 saturated carbocycles. The summed E-state index contributed by atoms with van der Waals surface area (Å²) in [4.78, 5) is 24.1. The summed E-state index contributed by atoms with van der Waals surface area (Å²) in [5.74, 6) is -0.228. The van der Waals surface area contributed by atoms with Gasteiger partial charge in [0.25, 0.3) is 0 Å². The number of furan rings is 1. The summed E-state index contributed by atoms with van der Waals surface area (Å²) < 4.78 is 19.1. The van der Waals surface area contributed by atoms with Crippen LogP contribution in [-0.4, -0.2) is 41.0 Å². The quantitative estimate of drug-likeness (QED) is 0.755. The van der Waals surface area contributed by atoms with Gasteiger partial charge in [-0.25, -0.2) is 4.39 Å². The Hall–Kier alpha value is -2.67. The average molecular weight is 362 g/mol. The van der Waals surface area contributed by atoms with Crippen molar-refractivity contribution in [2.75, 3.05) is 13.1 Å². The van der Waals surface area contributed by atoms with E-state index in [1.165, 1.54) is 19.1 Å². The van der Waals surface area contributed by atoms with Crippen molar-refractivity contribution in [2.45, 2.75) is 33.4 Å². The number of carbonyl (C=O) groups is 2. The molecule has 2 aromatic rings. The fourth-order valence-corrected chi connectivity index (χ4v) is 2.65. The second kappa shape index (κ2) is 8.62. The van der Waals surface area contributed by atoms with Crippen molar-refractivity contribution in [2.24, 2.45) is 0 Å². The zero-order valence-corrected chi connectivity index (χ0v) is 15.1. The molecule has 6 nitrogen and oxygen atoms in total. The van der Waals surface area contributed by atoms with Crippen molar-refractivity contribution in [3.8, 4) is 11.3 Å². The number of rotatable bonds is 8. The number of nitrogens with one attached hydrogen (secondary N) is 1. The Morgan fingerprint density at radius 2 is 2.04 bits per heavy atom. The van der Waals surface area contributed by atoms with E-state index in [9.17, 15) is 19.1 Å². The second-order valence-electron chi connectivity index (χ2n) is 6.19. The Balaban J connectivity index is 2.14. The molecule has 2 rings (SSSR count). The van der Waals surface area contributed by atoms with Crippen LogP contribution in [0.1, 0.15) is 25.2 Å². The third-order valence-corrected chi connectivity index (χ3v) is 4.15. The first-order chi connectivity index (χ1) is 12.3. The van der Waals surface area contributed by atoms with Gasteiger partial charge < -0.3 is 14.8 Å². The van der Waals surface area contributed by atoms with Crippen LogP contribution in [0.3, 0.4) is 0 Å². The number of amides is 1. The van der Waals surface area contributed by atoms with E-state index in [1.54, 1.807) is 36.9 Å². The molecule has 0 aliphatic rings. The smallest absolute Gasteiger partial charge is 0.320 e. The summed E-state index contributed by atoms with van der Waals surface area (Å²) in [7, 11) is 0. The highest BCUT2D eigenvalue weighted by Gasteiger charge is 2.22. The number of carbonyl (C=O) groups excluding carboxylic acids is 1. The lowest BCUT2D eigenvalue weighted by Gasteiger charge is -2.25. The standard InChI is InChI=1S/C19H23FN2O4/c1-12-10-15(20)4-6-17(12)18-7-5-16(26-18)11-22(13(2)19(24)25)9-8-21-14(3)23/h4-7,10,13H,8-9,11H2,1-3H3,(H,21,23)(H,24,25). The molecule has 1 aromatic heterocycles. The lowest BCUT2D eigenvalue weighted by atomic mass is 10.1. The van der Waals surface area contributed by atoms with Gasteiger partial charge in [-0.15, -0.1) is 0 Å². The zero-order valence-electron chi connectivity index (χ0n) is 15.1. The molecule has 140 valence electrons. The third kappa shape index (κ3) is 5.16. The fraction of sp³-hybridized carbons (Fsp3) is 0.368. The van der Waals surface area contributed by atoms with Gasteiger partial charge in [-0.1, -0.05) is 0 Å². The van der Waals surface area contributed by atoms with Crippen LogP contribution in [0, 0.1) is 12.7 Å². The summed E-state index contributed by atoms with van der Waals surface area (Å²) in [6, 6.07) is 7.29. The van der Waals surface area contributed by atoms with E-state index in [-0.39, 0.29) is 18.3 Å². The number of carboxylic acid groups (broad SMARTS) is 1. The van der Waals surface area contributed by atoms with Gasteiger partial charge in [0, 0.05) is 25.6 Å². The SMILES string of the molecule is CC(=O)NCCN(Cc1ccc(-c2ccc(F)cc2C)o1)C(C)C(=O)O. The number of nitrogens with zero attached hydrogens (tertiary/aromatic N) is 1. The predicted molar refractivity (Wildman–Crippen MR) is 95.0 cm³/mol. The van der Waals surface area contributed by atoms with Crippen LogP contribution in [0.5, 0.6) is 0 Å². The van der Waals surface area contributed by atoms with Crippen molar-refractivity contribution >= 4 is 11.9 Å². The van der Waals surface area contributed by atoms with Gasteiger partial charge in [0.15, 0.2) is 0 Å². The van der Waals surface area contributed by atoms with Crippen molar-refractivity contribution in [3.63, 3.8) is 0 Å². The maximum atomic E-state index is 13.3. The number of hydrogen-bond donors (Lipinski definition) is 2. The summed E-state index contributed by atoms with van der Waals surface area (Å²) >= 11 is 0. The molecule has 1 atom stereocenters. The Bertz CT molecular complexity index is 788. The molecule has 0 aliphatic carbocycles. The number of hydrogen-bond acceptors (Lipinski definition) is 4. The molecule has 0 radical (unpaired) electrons. The molecule has 26 heavy (non-hydrogen) atoms. The van der Waals surface area contributed by atoms with Crippen LogP contribution in [0.4, 0.5) is 4.39 Å². The molecule has 0 aliphatic heterocycles. The number of halogens is 1. The van der Waals surface area contributed by atoms with Crippen LogP contribution < -0.4 is 5.32 Å². The monoisotopic (exact) mass is 362 g/mol. The van der Waals surface area contributed by atoms with Gasteiger partial charge in [-0.3, -0.25) is 14.5 Å². The molecule has 0 bridgehead atoms. The van der Waals surface area contributed by atoms with E-state index >= 15 is 0 Å². The molecular formula is C19H23FN2O4. The minimum Gasteiger partial charge on any atom is -0.480 e. The van der Waals surface area contributed by atoms with Gasteiger partial charge in [-0.2, -0.15) is 0 Å². The minimum atomic E-state index is -0.950. The van der Waals surface area contributed by atoms with Crippen molar-refractivity contribution in [1.29, 1.82) is 0 Å². The molecule has 2 N–H and O–H groups in total. The Labute approximate surface area is 151 Å². The number of aliphatic carboxylic acids is 1. The van der Waals surface area contributed by atoms with Crippen LogP contribution in [0.25, 0.3) is 11.3 Å². The Kier molecular flexibility index (Phi) is 6.52. The van der Waals surface area contributed by atoms with Crippen LogP contribution in [-0.2, 0) is 16.1 Å². The molecule has 1 unspecified atom stereocenters. The van der Waals surface area contributed by atoms with Gasteiger partial charge in [0.05, 0.1) is 6.54 Å². The number of aryl methyl sites for hydroxylation is 1. The number of benzene rings is 1. The molecular weight excluding hydrogens is 339 g/mol. The largest absolute Gasteiger partial charge is 0.480 e. The van der Waals surface area contributed by atoms with Gasteiger partial charge >= 0.3 is 5.97 Å². The summed E-state index contributed by atoms with van der Waals surface area (Å²) in [5, 5.41) is 11.9. The first-order valence-corrected chi connectivity index (χ1v) is 8.34. The van der Waals surface area contributed by atoms with E-state index < -0.39 is 12.0 Å². The molecule has 1 aromatic carbocycles. The summed E-state index contributed by atoms with van der Waals surface area (Å²) in [6.07, 6.45) is 0. The summed E-state index contributed by atoms with van der Waals surface area (Å²) in [6.45, 7) is 5.80. The highest BCUT2D eigenvalue weighted by molar-refractivity contribution is 5.73. The molecule has 0 spiro atoms. The van der Waals surface area contributed by atoms with Gasteiger partial charge in [-0.05, 0) is 49.7 Å².